The Kier molecular flexibility index (Phi) is 2.81. The molecule has 5 nitrogen and oxygen atoms in total. The number of hydrogen-bond acceptors (Lipinski definition) is 5. The molecule has 0 saturated carbocycles. The van der Waals surface area contributed by atoms with Gasteiger partial charge in [0.1, 0.15) is 5.56 Å². The van der Waals surface area contributed by atoms with E-state index in [0.29, 0.717) is 0 Å². The molecule has 1 aromatic rings. The van der Waals surface area contributed by atoms with Crippen molar-refractivity contribution in [2.75, 3.05) is 7.11 Å². The predicted molar refractivity (Wildman–Crippen MR) is 45.1 cm³/mol. The standard InChI is InChI=1S/C8H10N2O3/c1-5-3-6(8(11)13-9)7(12-2)10-4-5/h3-4H,9H2,1-2H3. The molecular weight excluding hydrogens is 172 g/mol. The van der Waals surface area contributed by atoms with Crippen molar-refractivity contribution < 1.29 is 14.4 Å². The quantitative estimate of drug-likeness (QED) is 0.671. The number of methoxy groups -OCH3 is 1. The van der Waals surface area contributed by atoms with Gasteiger partial charge in [0, 0.05) is 6.20 Å². The van der Waals surface area contributed by atoms with Crippen LogP contribution < -0.4 is 10.6 Å². The lowest BCUT2D eigenvalue weighted by Gasteiger charge is -2.04. The van der Waals surface area contributed by atoms with Crippen LogP contribution in [0.25, 0.3) is 0 Å². The Balaban J connectivity index is 3.15. The third kappa shape index (κ3) is 1.94. The summed E-state index contributed by atoms with van der Waals surface area (Å²) in [5, 5.41) is 0. The highest BCUT2D eigenvalue weighted by Crippen LogP contribution is 2.16. The molecule has 0 saturated heterocycles. The molecule has 1 heterocycles. The Bertz CT molecular complexity index is 325. The van der Waals surface area contributed by atoms with E-state index >= 15 is 0 Å². The number of carbonyl (C=O) groups excluding carboxylic acids is 1. The highest BCUT2D eigenvalue weighted by atomic mass is 16.7. The van der Waals surface area contributed by atoms with E-state index in [1.165, 1.54) is 7.11 Å². The summed E-state index contributed by atoms with van der Waals surface area (Å²) in [4.78, 5) is 19.0. The molecule has 0 aliphatic heterocycles. The number of aryl methyl sites for hydroxylation is 1. The number of pyridine rings is 1. The van der Waals surface area contributed by atoms with Crippen LogP contribution in [0.4, 0.5) is 0 Å². The summed E-state index contributed by atoms with van der Waals surface area (Å²) in [7, 11) is 1.42. The van der Waals surface area contributed by atoms with E-state index in [1.807, 2.05) is 0 Å². The Morgan fingerprint density at radius 1 is 1.62 bits per heavy atom. The van der Waals surface area contributed by atoms with Gasteiger partial charge in [0.05, 0.1) is 7.11 Å². The van der Waals surface area contributed by atoms with Gasteiger partial charge in [-0.15, -0.1) is 0 Å². The molecule has 0 amide bonds. The van der Waals surface area contributed by atoms with Crippen LogP contribution in [0.1, 0.15) is 15.9 Å². The second kappa shape index (κ2) is 3.86. The second-order valence-electron chi connectivity index (χ2n) is 2.47. The molecule has 5 heteroatoms. The Morgan fingerprint density at radius 3 is 2.85 bits per heavy atom. The number of nitrogens with two attached hydrogens (primary N) is 1. The lowest BCUT2D eigenvalue weighted by atomic mass is 10.2. The maximum absolute atomic E-state index is 11.1. The summed E-state index contributed by atoms with van der Waals surface area (Å²) < 4.78 is 4.86. The SMILES string of the molecule is COc1ncc(C)cc1C(=O)ON. The van der Waals surface area contributed by atoms with E-state index in [0.717, 1.165) is 5.56 Å². The first-order valence-corrected chi connectivity index (χ1v) is 3.60. The van der Waals surface area contributed by atoms with Crippen LogP contribution in [0.5, 0.6) is 5.88 Å². The lowest BCUT2D eigenvalue weighted by molar-refractivity contribution is 0.0498. The first-order valence-electron chi connectivity index (χ1n) is 3.60. The van der Waals surface area contributed by atoms with Crippen molar-refractivity contribution in [2.45, 2.75) is 6.92 Å². The van der Waals surface area contributed by atoms with Crippen LogP contribution in [0, 0.1) is 6.92 Å². The number of carbonyl (C=O) groups is 1. The second-order valence-corrected chi connectivity index (χ2v) is 2.47. The van der Waals surface area contributed by atoms with Gasteiger partial charge in [-0.1, -0.05) is 0 Å². The van der Waals surface area contributed by atoms with Crippen molar-refractivity contribution in [3.05, 3.63) is 23.4 Å². The van der Waals surface area contributed by atoms with Crippen molar-refractivity contribution in [3.8, 4) is 5.88 Å². The van der Waals surface area contributed by atoms with Gasteiger partial charge in [-0.2, -0.15) is 5.90 Å². The van der Waals surface area contributed by atoms with Gasteiger partial charge in [0.2, 0.25) is 5.88 Å². The van der Waals surface area contributed by atoms with E-state index in [9.17, 15) is 4.79 Å². The van der Waals surface area contributed by atoms with Crippen LogP contribution in [-0.4, -0.2) is 18.1 Å². The first kappa shape index (κ1) is 9.47. The number of nitrogens with zero attached hydrogens (tertiary/aromatic N) is 1. The van der Waals surface area contributed by atoms with E-state index < -0.39 is 5.97 Å². The maximum atomic E-state index is 11.1. The van der Waals surface area contributed by atoms with Gasteiger partial charge in [-0.3, -0.25) is 0 Å². The van der Waals surface area contributed by atoms with E-state index in [1.54, 1.807) is 19.2 Å². The highest BCUT2D eigenvalue weighted by Gasteiger charge is 2.14. The van der Waals surface area contributed by atoms with Crippen LogP contribution >= 0.6 is 0 Å². The number of ether oxygens (including phenoxy) is 1. The third-order valence-electron chi connectivity index (χ3n) is 1.51. The van der Waals surface area contributed by atoms with Gasteiger partial charge in [0.25, 0.3) is 0 Å². The van der Waals surface area contributed by atoms with Crippen LogP contribution in [0.15, 0.2) is 12.3 Å². The Morgan fingerprint density at radius 2 is 2.31 bits per heavy atom. The zero-order valence-electron chi connectivity index (χ0n) is 7.40. The summed E-state index contributed by atoms with van der Waals surface area (Å²) in [6.07, 6.45) is 1.59. The summed E-state index contributed by atoms with van der Waals surface area (Å²) >= 11 is 0. The average Bonchev–Trinajstić information content (AvgIpc) is 2.16. The third-order valence-corrected chi connectivity index (χ3v) is 1.51. The zero-order chi connectivity index (χ0) is 9.84. The molecule has 0 radical (unpaired) electrons. The van der Waals surface area contributed by atoms with Gasteiger partial charge in [-0.05, 0) is 18.6 Å². The summed E-state index contributed by atoms with van der Waals surface area (Å²) in [6, 6.07) is 1.60. The Labute approximate surface area is 75.4 Å². The fraction of sp³-hybridized carbons (Fsp3) is 0.250. The normalized spacial score (nSPS) is 9.46. The van der Waals surface area contributed by atoms with Crippen molar-refractivity contribution in [2.24, 2.45) is 5.90 Å². The van der Waals surface area contributed by atoms with Crippen molar-refractivity contribution in [3.63, 3.8) is 0 Å². The lowest BCUT2D eigenvalue weighted by Crippen LogP contribution is -2.12. The van der Waals surface area contributed by atoms with E-state index in [4.69, 9.17) is 10.6 Å². The molecule has 0 aliphatic rings. The monoisotopic (exact) mass is 182 g/mol. The molecule has 0 bridgehead atoms. The van der Waals surface area contributed by atoms with Crippen molar-refractivity contribution in [1.82, 2.24) is 4.98 Å². The predicted octanol–water partition coefficient (Wildman–Crippen LogP) is 0.429. The molecule has 0 aromatic carbocycles. The van der Waals surface area contributed by atoms with Gasteiger partial charge >= 0.3 is 5.97 Å². The largest absolute Gasteiger partial charge is 0.480 e. The van der Waals surface area contributed by atoms with E-state index in [-0.39, 0.29) is 11.4 Å². The zero-order valence-corrected chi connectivity index (χ0v) is 7.40. The molecule has 1 aromatic heterocycles. The summed E-state index contributed by atoms with van der Waals surface area (Å²) in [5.41, 5.74) is 1.06. The molecule has 13 heavy (non-hydrogen) atoms. The first-order chi connectivity index (χ1) is 6.19. The number of hydrogen-bond donors (Lipinski definition) is 1. The molecule has 2 N–H and O–H groups in total. The summed E-state index contributed by atoms with van der Waals surface area (Å²) in [6.45, 7) is 1.81. The smallest absolute Gasteiger partial charge is 0.362 e. The van der Waals surface area contributed by atoms with Gasteiger partial charge in [0.15, 0.2) is 0 Å². The molecule has 70 valence electrons. The van der Waals surface area contributed by atoms with Crippen molar-refractivity contribution in [1.29, 1.82) is 0 Å². The topological polar surface area (TPSA) is 74.4 Å². The number of rotatable bonds is 2. The molecule has 1 rings (SSSR count). The highest BCUT2D eigenvalue weighted by molar-refractivity contribution is 5.91. The molecule has 0 unspecified atom stereocenters. The molecular formula is C8H10N2O3. The molecule has 0 fully saturated rings. The molecule has 0 aliphatic carbocycles. The number of aromatic nitrogens is 1. The van der Waals surface area contributed by atoms with E-state index in [2.05, 4.69) is 9.82 Å². The minimum atomic E-state index is -0.659. The van der Waals surface area contributed by atoms with Gasteiger partial charge in [-0.25, -0.2) is 9.78 Å². The molecule has 0 spiro atoms. The minimum absolute atomic E-state index is 0.209. The fourth-order valence-electron chi connectivity index (χ4n) is 0.929. The average molecular weight is 182 g/mol. The van der Waals surface area contributed by atoms with Crippen LogP contribution in [0.3, 0.4) is 0 Å². The van der Waals surface area contributed by atoms with Crippen LogP contribution in [0.2, 0.25) is 0 Å². The van der Waals surface area contributed by atoms with Crippen molar-refractivity contribution >= 4 is 5.97 Å². The fourth-order valence-corrected chi connectivity index (χ4v) is 0.929. The minimum Gasteiger partial charge on any atom is -0.480 e. The molecule has 0 atom stereocenters. The maximum Gasteiger partial charge on any atom is 0.362 e. The van der Waals surface area contributed by atoms with Crippen LogP contribution in [-0.2, 0) is 4.84 Å². The Hall–Kier alpha value is -1.62. The van der Waals surface area contributed by atoms with Gasteiger partial charge < -0.3 is 9.57 Å². The summed E-state index contributed by atoms with van der Waals surface area (Å²) in [5.74, 6) is 4.29.